The third-order valence-corrected chi connectivity index (χ3v) is 7.02. The zero-order valence-electron chi connectivity index (χ0n) is 23.0. The highest BCUT2D eigenvalue weighted by molar-refractivity contribution is 6.31. The van der Waals surface area contributed by atoms with Gasteiger partial charge in [0, 0.05) is 35.0 Å². The first-order valence-electron chi connectivity index (χ1n) is 13.0. The Hall–Kier alpha value is -3.66. The van der Waals surface area contributed by atoms with E-state index in [1.54, 1.807) is 18.5 Å². The van der Waals surface area contributed by atoms with E-state index in [1.165, 1.54) is 12.1 Å². The molecule has 2 atom stereocenters. The lowest BCUT2D eigenvalue weighted by Crippen LogP contribution is -2.36. The Morgan fingerprint density at radius 1 is 1.15 bits per heavy atom. The van der Waals surface area contributed by atoms with Crippen LogP contribution in [0.4, 0.5) is 21.5 Å². The zero-order chi connectivity index (χ0) is 28.4. The second kappa shape index (κ2) is 11.4. The van der Waals surface area contributed by atoms with E-state index in [0.29, 0.717) is 35.7 Å². The Labute approximate surface area is 238 Å². The molecule has 1 saturated heterocycles. The molecule has 0 amide bonds. The summed E-state index contributed by atoms with van der Waals surface area (Å²) in [4.78, 5) is 13.2. The maximum Gasteiger partial charge on any atom is 0.292 e. The molecule has 0 bridgehead atoms. The molecule has 2 aliphatic rings. The molecule has 2 heterocycles. The number of rotatable bonds is 7. The SMILES string of the molecule is CN1C(=Nc2ccc3c(c2)C(N)N(c2ccc(COc4cccc(F)c4)c(Cl)c2)C=N3)OCC1COC(C)(C)C. The molecule has 2 N–H and O–H groups in total. The van der Waals surface area contributed by atoms with Crippen LogP contribution in [0.25, 0.3) is 0 Å². The van der Waals surface area contributed by atoms with Gasteiger partial charge in [0.25, 0.3) is 6.02 Å². The minimum Gasteiger partial charge on any atom is -0.489 e. The van der Waals surface area contributed by atoms with Crippen molar-refractivity contribution in [3.8, 4) is 5.75 Å². The van der Waals surface area contributed by atoms with E-state index < -0.39 is 6.17 Å². The molecule has 40 heavy (non-hydrogen) atoms. The smallest absolute Gasteiger partial charge is 0.292 e. The van der Waals surface area contributed by atoms with Crippen LogP contribution in [0.1, 0.15) is 38.1 Å². The van der Waals surface area contributed by atoms with E-state index >= 15 is 0 Å². The van der Waals surface area contributed by atoms with Gasteiger partial charge in [0.1, 0.15) is 30.9 Å². The average Bonchev–Trinajstić information content (AvgIpc) is 3.25. The first kappa shape index (κ1) is 27.9. The molecule has 0 spiro atoms. The van der Waals surface area contributed by atoms with Gasteiger partial charge in [-0.15, -0.1) is 0 Å². The number of benzene rings is 3. The highest BCUT2D eigenvalue weighted by atomic mass is 35.5. The number of hydrogen-bond acceptors (Lipinski definition) is 7. The maximum atomic E-state index is 13.4. The van der Waals surface area contributed by atoms with Gasteiger partial charge in [-0.3, -0.25) is 0 Å². The molecule has 1 fully saturated rings. The van der Waals surface area contributed by atoms with E-state index in [-0.39, 0.29) is 24.1 Å². The van der Waals surface area contributed by atoms with Crippen LogP contribution < -0.4 is 15.4 Å². The van der Waals surface area contributed by atoms with Crippen molar-refractivity contribution in [1.29, 1.82) is 0 Å². The second-order valence-corrected chi connectivity index (χ2v) is 11.2. The van der Waals surface area contributed by atoms with Crippen molar-refractivity contribution < 1.29 is 18.6 Å². The lowest BCUT2D eigenvalue weighted by Gasteiger charge is -2.31. The molecule has 0 aliphatic carbocycles. The number of anilines is 1. The number of aliphatic imine (C=N–C) groups is 2. The standard InChI is InChI=1S/C30H33ClFN5O3/c1-30(2,3)40-17-23-16-39-29(36(23)4)35-21-9-11-27-25(13-21)28(33)37(18-34-27)22-10-8-19(26(31)14-22)15-38-24-7-5-6-20(32)12-24/h5-14,18,23,28H,15-17,33H2,1-4H3. The van der Waals surface area contributed by atoms with Crippen molar-refractivity contribution in [2.45, 2.75) is 45.2 Å². The molecule has 5 rings (SSSR count). The van der Waals surface area contributed by atoms with Crippen molar-refractivity contribution in [3.63, 3.8) is 0 Å². The lowest BCUT2D eigenvalue weighted by atomic mass is 10.1. The summed E-state index contributed by atoms with van der Waals surface area (Å²) in [5, 5.41) is 0.506. The highest BCUT2D eigenvalue weighted by Crippen LogP contribution is 2.37. The third-order valence-electron chi connectivity index (χ3n) is 6.66. The fraction of sp³-hybridized carbons (Fsp3) is 0.333. The van der Waals surface area contributed by atoms with Crippen LogP contribution in [0.2, 0.25) is 5.02 Å². The summed E-state index contributed by atoms with van der Waals surface area (Å²) in [5.41, 5.74) is 10.3. The predicted molar refractivity (Wildman–Crippen MR) is 156 cm³/mol. The molecule has 2 unspecified atom stereocenters. The van der Waals surface area contributed by atoms with Crippen LogP contribution in [-0.4, -0.2) is 49.2 Å². The van der Waals surface area contributed by atoms with Gasteiger partial charge in [-0.05, 0) is 63.2 Å². The highest BCUT2D eigenvalue weighted by Gasteiger charge is 2.30. The van der Waals surface area contributed by atoms with E-state index in [0.717, 1.165) is 22.5 Å². The summed E-state index contributed by atoms with van der Waals surface area (Å²) in [6, 6.07) is 17.9. The topological polar surface area (TPSA) is 84.9 Å². The minimum absolute atomic E-state index is 0.0879. The molecule has 3 aromatic carbocycles. The predicted octanol–water partition coefficient (Wildman–Crippen LogP) is 6.33. The molecule has 8 nitrogen and oxygen atoms in total. The molecule has 3 aromatic rings. The maximum absolute atomic E-state index is 13.4. The van der Waals surface area contributed by atoms with Crippen LogP contribution in [0.5, 0.6) is 5.75 Å². The van der Waals surface area contributed by atoms with E-state index in [9.17, 15) is 4.39 Å². The largest absolute Gasteiger partial charge is 0.489 e. The van der Waals surface area contributed by atoms with E-state index in [1.807, 2.05) is 74.0 Å². The normalized spacial score (nSPS) is 19.6. The molecule has 0 radical (unpaired) electrons. The van der Waals surface area contributed by atoms with Gasteiger partial charge in [0.15, 0.2) is 0 Å². The number of halogens is 2. The first-order chi connectivity index (χ1) is 19.1. The van der Waals surface area contributed by atoms with Gasteiger partial charge in [-0.1, -0.05) is 23.7 Å². The summed E-state index contributed by atoms with van der Waals surface area (Å²) in [6.07, 6.45) is 1.19. The molecular weight excluding hydrogens is 533 g/mol. The second-order valence-electron chi connectivity index (χ2n) is 10.8. The summed E-state index contributed by atoms with van der Waals surface area (Å²) >= 11 is 6.58. The van der Waals surface area contributed by atoms with Gasteiger partial charge in [0.2, 0.25) is 0 Å². The van der Waals surface area contributed by atoms with Crippen molar-refractivity contribution in [2.24, 2.45) is 15.7 Å². The number of fused-ring (bicyclic) bond motifs is 1. The fourth-order valence-electron chi connectivity index (χ4n) is 4.34. The fourth-order valence-corrected chi connectivity index (χ4v) is 4.57. The Bertz CT molecular complexity index is 1440. The molecule has 210 valence electrons. The van der Waals surface area contributed by atoms with Gasteiger partial charge < -0.3 is 29.7 Å². The van der Waals surface area contributed by atoms with Crippen LogP contribution >= 0.6 is 11.6 Å². The molecule has 0 aromatic heterocycles. The Kier molecular flexibility index (Phi) is 7.98. The molecule has 10 heteroatoms. The minimum atomic E-state index is -0.506. The third kappa shape index (κ3) is 6.38. The van der Waals surface area contributed by atoms with Gasteiger partial charge >= 0.3 is 0 Å². The van der Waals surface area contributed by atoms with Gasteiger partial charge in [0.05, 0.1) is 36.0 Å². The van der Waals surface area contributed by atoms with Crippen LogP contribution in [-0.2, 0) is 16.1 Å². The van der Waals surface area contributed by atoms with Crippen molar-refractivity contribution >= 4 is 41.0 Å². The van der Waals surface area contributed by atoms with E-state index in [2.05, 4.69) is 4.99 Å². The Balaban J connectivity index is 1.29. The molecular formula is C30H33ClFN5O3. The number of nitrogens with two attached hydrogens (primary N) is 1. The number of amidine groups is 1. The summed E-state index contributed by atoms with van der Waals surface area (Å²) in [5.74, 6) is 0.0779. The number of nitrogens with zero attached hydrogens (tertiary/aromatic N) is 4. The first-order valence-corrected chi connectivity index (χ1v) is 13.4. The summed E-state index contributed by atoms with van der Waals surface area (Å²) in [7, 11) is 1.95. The summed E-state index contributed by atoms with van der Waals surface area (Å²) in [6.45, 7) is 7.37. The monoisotopic (exact) mass is 565 g/mol. The molecule has 2 aliphatic heterocycles. The Morgan fingerprint density at radius 2 is 1.98 bits per heavy atom. The van der Waals surface area contributed by atoms with E-state index in [4.69, 9.17) is 36.5 Å². The quantitative estimate of drug-likeness (QED) is 0.360. The van der Waals surface area contributed by atoms with Crippen molar-refractivity contribution in [3.05, 3.63) is 82.6 Å². The lowest BCUT2D eigenvalue weighted by molar-refractivity contribution is -0.0220. The van der Waals surface area contributed by atoms with Crippen LogP contribution in [0, 0.1) is 5.82 Å². The summed E-state index contributed by atoms with van der Waals surface area (Å²) < 4.78 is 30.9. The van der Waals surface area contributed by atoms with Gasteiger partial charge in [-0.2, -0.15) is 4.99 Å². The van der Waals surface area contributed by atoms with Crippen molar-refractivity contribution in [1.82, 2.24) is 4.90 Å². The number of hydrogen-bond donors (Lipinski definition) is 1. The number of ether oxygens (including phenoxy) is 3. The van der Waals surface area contributed by atoms with Crippen molar-refractivity contribution in [2.75, 3.05) is 25.2 Å². The Morgan fingerprint density at radius 3 is 2.73 bits per heavy atom. The average molecular weight is 566 g/mol. The van der Waals surface area contributed by atoms with Gasteiger partial charge in [-0.25, -0.2) is 9.38 Å². The number of likely N-dealkylation sites (N-methyl/N-ethyl adjacent to an activating group) is 1. The van der Waals surface area contributed by atoms with Crippen LogP contribution in [0.3, 0.4) is 0 Å². The molecule has 0 saturated carbocycles. The zero-order valence-corrected chi connectivity index (χ0v) is 23.7. The van der Waals surface area contributed by atoms with Crippen LogP contribution in [0.15, 0.2) is 70.6 Å².